The minimum atomic E-state index is -4.41. The number of ether oxygens (including phenoxy) is 2. The zero-order valence-corrected chi connectivity index (χ0v) is 15.4. The van der Waals surface area contributed by atoms with Crippen LogP contribution in [0.3, 0.4) is 0 Å². The Labute approximate surface area is 161 Å². The number of rotatable bonds is 7. The van der Waals surface area contributed by atoms with Crippen LogP contribution in [0.25, 0.3) is 0 Å². The highest BCUT2D eigenvalue weighted by atomic mass is 35.5. The van der Waals surface area contributed by atoms with Crippen LogP contribution in [-0.2, 0) is 15.7 Å². The van der Waals surface area contributed by atoms with Gasteiger partial charge in [-0.15, -0.1) is 12.4 Å². The van der Waals surface area contributed by atoms with Crippen LogP contribution in [0.2, 0.25) is 0 Å². The maximum atomic E-state index is 12.5. The van der Waals surface area contributed by atoms with Crippen LogP contribution in [0, 0.1) is 5.92 Å². The van der Waals surface area contributed by atoms with E-state index in [9.17, 15) is 23.1 Å². The molecule has 1 fully saturated rings. The predicted octanol–water partition coefficient (Wildman–Crippen LogP) is 1.74. The van der Waals surface area contributed by atoms with Crippen molar-refractivity contribution in [3.63, 3.8) is 0 Å². The molecule has 2 unspecified atom stereocenters. The van der Waals surface area contributed by atoms with Crippen LogP contribution in [0.15, 0.2) is 24.3 Å². The molecule has 0 aromatic heterocycles. The lowest BCUT2D eigenvalue weighted by Gasteiger charge is -2.27. The Morgan fingerprint density at radius 2 is 1.89 bits per heavy atom. The first-order valence-corrected chi connectivity index (χ1v) is 8.36. The van der Waals surface area contributed by atoms with Crippen molar-refractivity contribution in [3.05, 3.63) is 29.8 Å². The van der Waals surface area contributed by atoms with Crippen molar-refractivity contribution >= 4 is 18.3 Å². The van der Waals surface area contributed by atoms with Crippen LogP contribution in [0.4, 0.5) is 13.2 Å². The smallest absolute Gasteiger partial charge is 0.416 e. The van der Waals surface area contributed by atoms with Crippen LogP contribution < -0.4 is 15.8 Å². The van der Waals surface area contributed by atoms with Crippen molar-refractivity contribution in [3.8, 4) is 5.75 Å². The van der Waals surface area contributed by atoms with E-state index in [1.807, 2.05) is 0 Å². The maximum Gasteiger partial charge on any atom is 0.416 e. The zero-order valence-electron chi connectivity index (χ0n) is 14.6. The summed E-state index contributed by atoms with van der Waals surface area (Å²) in [6.45, 7) is 0.930. The Kier molecular flexibility index (Phi) is 9.31. The van der Waals surface area contributed by atoms with Crippen LogP contribution >= 0.6 is 12.4 Å². The fourth-order valence-electron chi connectivity index (χ4n) is 2.62. The van der Waals surface area contributed by atoms with Gasteiger partial charge in [0.05, 0.1) is 11.6 Å². The fourth-order valence-corrected chi connectivity index (χ4v) is 2.62. The van der Waals surface area contributed by atoms with Gasteiger partial charge in [-0.25, -0.2) is 0 Å². The summed E-state index contributed by atoms with van der Waals surface area (Å²) < 4.78 is 47.9. The molecule has 0 saturated carbocycles. The van der Waals surface area contributed by atoms with E-state index in [4.69, 9.17) is 15.2 Å². The Morgan fingerprint density at radius 1 is 1.30 bits per heavy atom. The highest BCUT2D eigenvalue weighted by Gasteiger charge is 2.30. The minimum Gasteiger partial charge on any atom is -0.491 e. The lowest BCUT2D eigenvalue weighted by molar-refractivity contribution is -0.137. The van der Waals surface area contributed by atoms with Gasteiger partial charge in [-0.1, -0.05) is 0 Å². The van der Waals surface area contributed by atoms with Crippen molar-refractivity contribution < 1.29 is 32.5 Å². The van der Waals surface area contributed by atoms with E-state index in [2.05, 4.69) is 5.32 Å². The summed E-state index contributed by atoms with van der Waals surface area (Å²) >= 11 is 0. The van der Waals surface area contributed by atoms with Gasteiger partial charge in [-0.2, -0.15) is 13.2 Å². The molecule has 2 rings (SSSR count). The average molecular weight is 413 g/mol. The number of amides is 1. The van der Waals surface area contributed by atoms with Gasteiger partial charge in [0.2, 0.25) is 5.91 Å². The Balaban J connectivity index is 0.00000364. The quantitative estimate of drug-likeness (QED) is 0.634. The average Bonchev–Trinajstić information content (AvgIpc) is 2.64. The van der Waals surface area contributed by atoms with Crippen LogP contribution in [0.5, 0.6) is 5.75 Å². The molecule has 1 aliphatic heterocycles. The molecule has 1 aromatic rings. The largest absolute Gasteiger partial charge is 0.491 e. The van der Waals surface area contributed by atoms with Gasteiger partial charge in [0.15, 0.2) is 0 Å². The number of hydrogen-bond donors (Lipinski definition) is 3. The summed E-state index contributed by atoms with van der Waals surface area (Å²) in [5, 5.41) is 12.4. The van der Waals surface area contributed by atoms with E-state index in [1.54, 1.807) is 0 Å². The molecular formula is C17H24ClF3N2O4. The lowest BCUT2D eigenvalue weighted by Crippen LogP contribution is -2.49. The van der Waals surface area contributed by atoms with E-state index in [0.29, 0.717) is 26.1 Å². The fraction of sp³-hybridized carbons (Fsp3) is 0.588. The number of halogens is 4. The normalized spacial score (nSPS) is 17.5. The molecule has 1 aromatic carbocycles. The third-order valence-corrected chi connectivity index (χ3v) is 4.21. The van der Waals surface area contributed by atoms with Gasteiger partial charge in [0, 0.05) is 19.8 Å². The van der Waals surface area contributed by atoms with E-state index in [1.165, 1.54) is 12.1 Å². The van der Waals surface area contributed by atoms with Crippen molar-refractivity contribution in [2.24, 2.45) is 11.7 Å². The number of nitrogens with two attached hydrogens (primary N) is 1. The van der Waals surface area contributed by atoms with Gasteiger partial charge in [0.25, 0.3) is 0 Å². The standard InChI is InChI=1S/C17H23F3N2O4.ClH/c18-17(19,20)12-1-3-14(4-2-12)26-10-13(23)9-22-16(24)15(21)11-5-7-25-8-6-11;/h1-4,11,13,15,23H,5-10,21H2,(H,22,24);1H. The molecule has 1 amide bonds. The van der Waals surface area contributed by atoms with E-state index >= 15 is 0 Å². The number of carbonyl (C=O) groups excluding carboxylic acids is 1. The summed E-state index contributed by atoms with van der Waals surface area (Å²) in [4.78, 5) is 12.0. The Hall–Kier alpha value is -1.55. The van der Waals surface area contributed by atoms with E-state index in [-0.39, 0.29) is 43.1 Å². The molecule has 1 saturated heterocycles. The molecule has 2 atom stereocenters. The maximum absolute atomic E-state index is 12.5. The molecule has 0 bridgehead atoms. The van der Waals surface area contributed by atoms with Crippen LogP contribution in [0.1, 0.15) is 18.4 Å². The van der Waals surface area contributed by atoms with E-state index < -0.39 is 23.9 Å². The number of nitrogens with one attached hydrogen (secondary N) is 1. The number of aliphatic hydroxyl groups excluding tert-OH is 1. The SMILES string of the molecule is Cl.NC(C(=O)NCC(O)COc1ccc(C(F)(F)F)cc1)C1CCOCC1. The summed E-state index contributed by atoms with van der Waals surface area (Å²) in [6, 6.07) is 3.49. The van der Waals surface area contributed by atoms with Crippen molar-refractivity contribution in [2.75, 3.05) is 26.4 Å². The highest BCUT2D eigenvalue weighted by Crippen LogP contribution is 2.30. The number of benzene rings is 1. The number of aliphatic hydroxyl groups is 1. The van der Waals surface area contributed by atoms with Gasteiger partial charge >= 0.3 is 6.18 Å². The number of carbonyl (C=O) groups is 1. The van der Waals surface area contributed by atoms with Gasteiger partial charge < -0.3 is 25.6 Å². The molecule has 10 heteroatoms. The monoisotopic (exact) mass is 412 g/mol. The van der Waals surface area contributed by atoms with Gasteiger partial charge in [0.1, 0.15) is 18.5 Å². The molecule has 27 heavy (non-hydrogen) atoms. The van der Waals surface area contributed by atoms with E-state index in [0.717, 1.165) is 12.1 Å². The first-order chi connectivity index (χ1) is 12.3. The number of alkyl halides is 3. The highest BCUT2D eigenvalue weighted by molar-refractivity contribution is 5.85. The van der Waals surface area contributed by atoms with Gasteiger partial charge in [-0.3, -0.25) is 4.79 Å². The molecular weight excluding hydrogens is 389 g/mol. The summed E-state index contributed by atoms with van der Waals surface area (Å²) in [6.07, 6.45) is -3.99. The third-order valence-electron chi connectivity index (χ3n) is 4.21. The molecule has 0 aliphatic carbocycles. The minimum absolute atomic E-state index is 0. The second kappa shape index (κ2) is 10.7. The molecule has 4 N–H and O–H groups in total. The molecule has 154 valence electrons. The number of hydrogen-bond acceptors (Lipinski definition) is 5. The lowest BCUT2D eigenvalue weighted by atomic mass is 9.92. The van der Waals surface area contributed by atoms with Crippen molar-refractivity contribution in [1.29, 1.82) is 0 Å². The first-order valence-electron chi connectivity index (χ1n) is 8.36. The molecule has 6 nitrogen and oxygen atoms in total. The summed E-state index contributed by atoms with van der Waals surface area (Å²) in [5.41, 5.74) is 5.14. The molecule has 1 heterocycles. The second-order valence-corrected chi connectivity index (χ2v) is 6.21. The Bertz CT molecular complexity index is 581. The van der Waals surface area contributed by atoms with Crippen molar-refractivity contribution in [1.82, 2.24) is 5.32 Å². The van der Waals surface area contributed by atoms with Gasteiger partial charge in [-0.05, 0) is 43.0 Å². The Morgan fingerprint density at radius 3 is 2.44 bits per heavy atom. The second-order valence-electron chi connectivity index (χ2n) is 6.21. The third kappa shape index (κ3) is 7.53. The predicted molar refractivity (Wildman–Crippen MR) is 94.7 cm³/mol. The van der Waals surface area contributed by atoms with Crippen LogP contribution in [-0.4, -0.2) is 49.5 Å². The topological polar surface area (TPSA) is 93.8 Å². The summed E-state index contributed by atoms with van der Waals surface area (Å²) in [7, 11) is 0. The molecule has 0 radical (unpaired) electrons. The van der Waals surface area contributed by atoms with Crippen molar-refractivity contribution in [2.45, 2.75) is 31.2 Å². The first kappa shape index (κ1) is 23.5. The molecule has 1 aliphatic rings. The summed E-state index contributed by atoms with van der Waals surface area (Å²) in [5.74, 6) is -0.114. The zero-order chi connectivity index (χ0) is 19.2. The molecule has 0 spiro atoms.